The molecular weight excluding hydrogens is 424 g/mol. The van der Waals surface area contributed by atoms with Gasteiger partial charge in [-0.25, -0.2) is 4.79 Å². The van der Waals surface area contributed by atoms with Gasteiger partial charge in [0.05, 0.1) is 11.5 Å². The first-order valence-electron chi connectivity index (χ1n) is 8.64. The summed E-state index contributed by atoms with van der Waals surface area (Å²) in [6.45, 7) is 3.49. The molecule has 0 radical (unpaired) electrons. The van der Waals surface area contributed by atoms with Crippen molar-refractivity contribution in [1.29, 1.82) is 0 Å². The molecule has 1 fully saturated rings. The van der Waals surface area contributed by atoms with Crippen LogP contribution in [0, 0.1) is 5.92 Å². The molecular formula is C17H23BrN2O7. The fraction of sp³-hybridized carbons (Fsp3) is 0.588. The predicted molar refractivity (Wildman–Crippen MR) is 100 cm³/mol. The fourth-order valence-electron chi connectivity index (χ4n) is 2.88. The number of rotatable bonds is 7. The largest absolute Gasteiger partial charge is 0.463 e. The molecule has 10 heteroatoms. The number of aromatic nitrogens is 2. The number of hydrogen-bond donors (Lipinski definition) is 3. The topological polar surface area (TPSA) is 131 Å². The van der Waals surface area contributed by atoms with Crippen LogP contribution in [-0.4, -0.2) is 50.7 Å². The lowest BCUT2D eigenvalue weighted by Crippen LogP contribution is -2.38. The zero-order chi connectivity index (χ0) is 20.1. The van der Waals surface area contributed by atoms with Crippen molar-refractivity contribution in [2.75, 3.05) is 6.61 Å². The van der Waals surface area contributed by atoms with Gasteiger partial charge in [0.25, 0.3) is 5.56 Å². The summed E-state index contributed by atoms with van der Waals surface area (Å²) in [7, 11) is 0. The number of carbonyl (C=O) groups is 1. The van der Waals surface area contributed by atoms with Crippen molar-refractivity contribution in [3.05, 3.63) is 37.6 Å². The Bertz CT molecular complexity index is 799. The van der Waals surface area contributed by atoms with Gasteiger partial charge in [-0.1, -0.05) is 29.8 Å². The minimum atomic E-state index is -1.44. The van der Waals surface area contributed by atoms with E-state index >= 15 is 0 Å². The standard InChI is InChI=1S/C17H23BrN2O7/c1-3-9(4-2)16(24)26-8-11-12(21)13(22)15(27-11)20-7-10(5-6-18)14(23)19-17(20)25/h5-7,9,11-13,15,21-22H,3-4,8H2,1-2H3,(H,19,23,25)/t11-,12-,13+,15-/m1/s1. The van der Waals surface area contributed by atoms with Gasteiger partial charge in [-0.15, -0.1) is 0 Å². The molecule has 0 amide bonds. The van der Waals surface area contributed by atoms with Crippen LogP contribution in [-0.2, 0) is 14.3 Å². The van der Waals surface area contributed by atoms with E-state index in [1.807, 2.05) is 13.8 Å². The first-order valence-corrected chi connectivity index (χ1v) is 9.56. The van der Waals surface area contributed by atoms with Crippen molar-refractivity contribution in [3.8, 4) is 0 Å². The van der Waals surface area contributed by atoms with Crippen LogP contribution in [0.25, 0.3) is 6.08 Å². The molecule has 2 rings (SSSR count). The van der Waals surface area contributed by atoms with Crippen LogP contribution in [0.4, 0.5) is 0 Å². The number of hydrogen-bond acceptors (Lipinski definition) is 7. The van der Waals surface area contributed by atoms with Gasteiger partial charge in [-0.05, 0) is 23.9 Å². The Balaban J connectivity index is 2.17. The minimum absolute atomic E-state index is 0.153. The van der Waals surface area contributed by atoms with Crippen molar-refractivity contribution >= 4 is 28.0 Å². The van der Waals surface area contributed by atoms with Crippen molar-refractivity contribution < 1.29 is 24.5 Å². The number of esters is 1. The Morgan fingerprint density at radius 2 is 2.04 bits per heavy atom. The lowest BCUT2D eigenvalue weighted by Gasteiger charge is -2.18. The summed E-state index contributed by atoms with van der Waals surface area (Å²) in [6, 6.07) is 0. The van der Waals surface area contributed by atoms with E-state index < -0.39 is 41.8 Å². The molecule has 0 bridgehead atoms. The lowest BCUT2D eigenvalue weighted by atomic mass is 10.0. The summed E-state index contributed by atoms with van der Waals surface area (Å²) in [5.41, 5.74) is -1.24. The van der Waals surface area contributed by atoms with E-state index in [1.165, 1.54) is 17.3 Å². The number of carbonyl (C=O) groups excluding carboxylic acids is 1. The molecule has 150 valence electrons. The zero-order valence-electron chi connectivity index (χ0n) is 15.0. The normalized spacial score (nSPS) is 25.4. The van der Waals surface area contributed by atoms with E-state index in [0.29, 0.717) is 12.8 Å². The summed E-state index contributed by atoms with van der Waals surface area (Å²) in [6.07, 6.45) is -1.14. The SMILES string of the molecule is CCC(CC)C(=O)OC[C@H]1O[C@@H](n2cc(C=CBr)c(=O)[nH]c2=O)[C@@H](O)[C@@H]1O. The van der Waals surface area contributed by atoms with Crippen LogP contribution >= 0.6 is 15.9 Å². The third-order valence-electron chi connectivity index (χ3n) is 4.56. The van der Waals surface area contributed by atoms with Crippen LogP contribution in [0.1, 0.15) is 38.5 Å². The molecule has 0 spiro atoms. The Labute approximate surface area is 163 Å². The molecule has 2 heterocycles. The van der Waals surface area contributed by atoms with E-state index in [4.69, 9.17) is 9.47 Å². The first-order chi connectivity index (χ1) is 12.8. The Hall–Kier alpha value is -1.75. The molecule has 0 saturated carbocycles. The van der Waals surface area contributed by atoms with Crippen LogP contribution in [0.5, 0.6) is 0 Å². The maximum absolute atomic E-state index is 12.1. The molecule has 0 unspecified atom stereocenters. The molecule has 3 N–H and O–H groups in total. The van der Waals surface area contributed by atoms with Gasteiger partial charge in [0.2, 0.25) is 0 Å². The highest BCUT2D eigenvalue weighted by Crippen LogP contribution is 2.29. The number of aliphatic hydroxyl groups is 2. The number of aromatic amines is 1. The molecule has 0 aliphatic carbocycles. The number of ether oxygens (including phenoxy) is 2. The summed E-state index contributed by atoms with van der Waals surface area (Å²) in [4.78, 5) is 39.4. The number of nitrogens with zero attached hydrogens (tertiary/aromatic N) is 1. The van der Waals surface area contributed by atoms with E-state index in [0.717, 1.165) is 4.57 Å². The second kappa shape index (κ2) is 9.45. The van der Waals surface area contributed by atoms with Crippen LogP contribution in [0.15, 0.2) is 20.8 Å². The Morgan fingerprint density at radius 3 is 2.63 bits per heavy atom. The van der Waals surface area contributed by atoms with Gasteiger partial charge in [0, 0.05) is 6.20 Å². The molecule has 4 atom stereocenters. The van der Waals surface area contributed by atoms with Crippen molar-refractivity contribution in [2.24, 2.45) is 5.92 Å². The second-order valence-electron chi connectivity index (χ2n) is 6.23. The van der Waals surface area contributed by atoms with Crippen LogP contribution < -0.4 is 11.2 Å². The zero-order valence-corrected chi connectivity index (χ0v) is 16.6. The van der Waals surface area contributed by atoms with Crippen LogP contribution in [0.2, 0.25) is 0 Å². The number of halogens is 1. The summed E-state index contributed by atoms with van der Waals surface area (Å²) >= 11 is 3.05. The number of nitrogens with one attached hydrogen (secondary N) is 1. The Morgan fingerprint density at radius 1 is 1.37 bits per heavy atom. The molecule has 0 aromatic carbocycles. The van der Waals surface area contributed by atoms with Gasteiger partial charge in [-0.3, -0.25) is 19.1 Å². The fourth-order valence-corrected chi connectivity index (χ4v) is 3.16. The Kier molecular flexibility index (Phi) is 7.54. The smallest absolute Gasteiger partial charge is 0.330 e. The van der Waals surface area contributed by atoms with E-state index in [1.54, 1.807) is 0 Å². The van der Waals surface area contributed by atoms with Gasteiger partial charge in [-0.2, -0.15) is 0 Å². The monoisotopic (exact) mass is 446 g/mol. The molecule has 1 aliphatic rings. The van der Waals surface area contributed by atoms with Crippen molar-refractivity contribution in [2.45, 2.75) is 51.2 Å². The molecule has 1 aromatic rings. The highest BCUT2D eigenvalue weighted by molar-refractivity contribution is 9.11. The van der Waals surface area contributed by atoms with Crippen LogP contribution in [0.3, 0.4) is 0 Å². The third-order valence-corrected chi connectivity index (χ3v) is 4.82. The summed E-state index contributed by atoms with van der Waals surface area (Å²) in [5.74, 6) is -0.649. The number of H-pyrrole nitrogens is 1. The molecule has 1 aliphatic heterocycles. The maximum atomic E-state index is 12.1. The quantitative estimate of drug-likeness (QED) is 0.519. The van der Waals surface area contributed by atoms with Gasteiger partial charge in [0.15, 0.2) is 6.23 Å². The lowest BCUT2D eigenvalue weighted by molar-refractivity contribution is -0.155. The van der Waals surface area contributed by atoms with Gasteiger partial charge < -0.3 is 19.7 Å². The van der Waals surface area contributed by atoms with Crippen molar-refractivity contribution in [3.63, 3.8) is 0 Å². The maximum Gasteiger partial charge on any atom is 0.330 e. The first kappa shape index (κ1) is 21.5. The predicted octanol–water partition coefficient (Wildman–Crippen LogP) is 0.501. The summed E-state index contributed by atoms with van der Waals surface area (Å²) in [5, 5.41) is 20.5. The summed E-state index contributed by atoms with van der Waals surface area (Å²) < 4.78 is 11.7. The van der Waals surface area contributed by atoms with Gasteiger partial charge >= 0.3 is 11.7 Å². The molecule has 27 heavy (non-hydrogen) atoms. The number of aliphatic hydroxyl groups excluding tert-OH is 2. The van der Waals surface area contributed by atoms with E-state index in [-0.39, 0.29) is 18.1 Å². The second-order valence-corrected chi connectivity index (χ2v) is 6.76. The highest BCUT2D eigenvalue weighted by Gasteiger charge is 2.45. The molecule has 9 nitrogen and oxygen atoms in total. The third kappa shape index (κ3) is 4.75. The highest BCUT2D eigenvalue weighted by atomic mass is 79.9. The van der Waals surface area contributed by atoms with E-state index in [9.17, 15) is 24.6 Å². The van der Waals surface area contributed by atoms with Crippen molar-refractivity contribution in [1.82, 2.24) is 9.55 Å². The minimum Gasteiger partial charge on any atom is -0.463 e. The average molecular weight is 447 g/mol. The van der Waals surface area contributed by atoms with E-state index in [2.05, 4.69) is 20.9 Å². The average Bonchev–Trinajstić information content (AvgIpc) is 2.91. The molecule has 1 aromatic heterocycles. The van der Waals surface area contributed by atoms with Gasteiger partial charge in [0.1, 0.15) is 24.9 Å². The molecule has 1 saturated heterocycles.